The first-order chi connectivity index (χ1) is 13.7. The molecule has 1 aromatic carbocycles. The van der Waals surface area contributed by atoms with Crippen LogP contribution in [-0.2, 0) is 4.79 Å². The van der Waals surface area contributed by atoms with Gasteiger partial charge in [-0.15, -0.1) is 0 Å². The Bertz CT molecular complexity index is 854. The second-order valence-electron chi connectivity index (χ2n) is 8.37. The van der Waals surface area contributed by atoms with Crippen LogP contribution >= 0.6 is 0 Å². The first kappa shape index (κ1) is 17.5. The van der Waals surface area contributed by atoms with E-state index in [0.29, 0.717) is 11.8 Å². The van der Waals surface area contributed by atoms with E-state index in [1.54, 1.807) is 6.26 Å². The van der Waals surface area contributed by atoms with Gasteiger partial charge in [0.05, 0.1) is 6.26 Å². The summed E-state index contributed by atoms with van der Waals surface area (Å²) in [5, 5.41) is 0. The quantitative estimate of drug-likeness (QED) is 0.816. The molecule has 2 saturated heterocycles. The fourth-order valence-corrected chi connectivity index (χ4v) is 4.83. The molecule has 1 aliphatic carbocycles. The van der Waals surface area contributed by atoms with E-state index in [1.807, 2.05) is 36.4 Å². The molecule has 146 valence electrons. The number of rotatable bonds is 3. The van der Waals surface area contributed by atoms with Crippen LogP contribution < -0.4 is 0 Å². The van der Waals surface area contributed by atoms with Gasteiger partial charge in [-0.2, -0.15) is 0 Å². The van der Waals surface area contributed by atoms with E-state index in [2.05, 4.69) is 9.80 Å². The molecule has 2 atom stereocenters. The minimum Gasteiger partial charge on any atom is -0.464 e. The summed E-state index contributed by atoms with van der Waals surface area (Å²) in [6, 6.07) is 11.7. The van der Waals surface area contributed by atoms with E-state index in [1.165, 1.54) is 0 Å². The molecule has 5 heteroatoms. The molecule has 3 heterocycles. The molecule has 1 saturated carbocycles. The van der Waals surface area contributed by atoms with Crippen LogP contribution in [0.2, 0.25) is 0 Å². The summed E-state index contributed by atoms with van der Waals surface area (Å²) in [6.07, 6.45) is 6.80. The van der Waals surface area contributed by atoms with Gasteiger partial charge in [-0.1, -0.05) is 12.1 Å². The van der Waals surface area contributed by atoms with Crippen molar-refractivity contribution in [2.24, 2.45) is 11.8 Å². The number of furan rings is 1. The molecule has 0 spiro atoms. The lowest BCUT2D eigenvalue weighted by Crippen LogP contribution is -2.56. The van der Waals surface area contributed by atoms with Crippen LogP contribution in [0.5, 0.6) is 0 Å². The third kappa shape index (κ3) is 3.23. The highest BCUT2D eigenvalue weighted by atomic mass is 16.3. The van der Waals surface area contributed by atoms with E-state index < -0.39 is 0 Å². The summed E-state index contributed by atoms with van der Waals surface area (Å²) >= 11 is 0. The standard InChI is InChI=1S/C23H26N2O3/c26-22(17-9-10-17)24-13-11-20-19(15-24)3-1-12-25(20)23(27)18-7-5-16(6-8-18)21-4-2-14-28-21/h2,4-8,14,17,19-20H,1,3,9-13,15H2/t19-,20+/m1/s1. The first-order valence-corrected chi connectivity index (χ1v) is 10.4. The van der Waals surface area contributed by atoms with Gasteiger partial charge in [0.15, 0.2) is 0 Å². The van der Waals surface area contributed by atoms with Crippen molar-refractivity contribution < 1.29 is 14.0 Å². The van der Waals surface area contributed by atoms with Crippen LogP contribution in [-0.4, -0.2) is 47.3 Å². The van der Waals surface area contributed by atoms with Crippen molar-refractivity contribution in [3.63, 3.8) is 0 Å². The number of hydrogen-bond acceptors (Lipinski definition) is 3. The Morgan fingerprint density at radius 1 is 0.964 bits per heavy atom. The zero-order valence-corrected chi connectivity index (χ0v) is 16.0. The molecule has 5 nitrogen and oxygen atoms in total. The Kier molecular flexibility index (Phi) is 4.46. The number of nitrogens with zero attached hydrogens (tertiary/aromatic N) is 2. The van der Waals surface area contributed by atoms with Crippen LogP contribution in [0.1, 0.15) is 42.5 Å². The summed E-state index contributed by atoms with van der Waals surface area (Å²) in [5.74, 6) is 1.96. The number of carbonyl (C=O) groups is 2. The van der Waals surface area contributed by atoms with Gasteiger partial charge in [-0.25, -0.2) is 0 Å². The van der Waals surface area contributed by atoms with Gasteiger partial charge in [0.2, 0.25) is 5.91 Å². The van der Waals surface area contributed by atoms with Crippen molar-refractivity contribution in [1.29, 1.82) is 0 Å². The molecular formula is C23H26N2O3. The lowest BCUT2D eigenvalue weighted by atomic mass is 9.83. The van der Waals surface area contributed by atoms with E-state index in [-0.39, 0.29) is 17.9 Å². The SMILES string of the molecule is O=C(C1CC1)N1CC[C@H]2[C@H](CCCN2C(=O)c2ccc(-c3ccco3)cc2)C1. The maximum absolute atomic E-state index is 13.2. The number of piperidine rings is 2. The third-order valence-electron chi connectivity index (χ3n) is 6.50. The minimum absolute atomic E-state index is 0.114. The van der Waals surface area contributed by atoms with Crippen molar-refractivity contribution in [3.8, 4) is 11.3 Å². The smallest absolute Gasteiger partial charge is 0.254 e. The maximum atomic E-state index is 13.2. The Hall–Kier alpha value is -2.56. The van der Waals surface area contributed by atoms with Gasteiger partial charge in [0, 0.05) is 42.7 Å². The van der Waals surface area contributed by atoms with Crippen LogP contribution in [0.15, 0.2) is 47.1 Å². The van der Waals surface area contributed by atoms with Crippen LogP contribution in [0, 0.1) is 11.8 Å². The molecule has 2 aliphatic heterocycles. The zero-order chi connectivity index (χ0) is 19.1. The Morgan fingerprint density at radius 3 is 2.50 bits per heavy atom. The van der Waals surface area contributed by atoms with Crippen molar-refractivity contribution in [3.05, 3.63) is 48.2 Å². The number of carbonyl (C=O) groups excluding carboxylic acids is 2. The van der Waals surface area contributed by atoms with E-state index >= 15 is 0 Å². The molecule has 0 bridgehead atoms. The molecule has 28 heavy (non-hydrogen) atoms. The highest BCUT2D eigenvalue weighted by Gasteiger charge is 2.42. The minimum atomic E-state index is 0.114. The average molecular weight is 378 g/mol. The van der Waals surface area contributed by atoms with Crippen molar-refractivity contribution >= 4 is 11.8 Å². The fourth-order valence-electron chi connectivity index (χ4n) is 4.83. The highest BCUT2D eigenvalue weighted by Crippen LogP contribution is 2.36. The van der Waals surface area contributed by atoms with Crippen LogP contribution in [0.4, 0.5) is 0 Å². The molecule has 3 fully saturated rings. The first-order valence-electron chi connectivity index (χ1n) is 10.4. The number of hydrogen-bond donors (Lipinski definition) is 0. The van der Waals surface area contributed by atoms with Gasteiger partial charge < -0.3 is 14.2 Å². The van der Waals surface area contributed by atoms with Crippen molar-refractivity contribution in [2.45, 2.75) is 38.1 Å². The average Bonchev–Trinajstić information content (AvgIpc) is 3.45. The summed E-state index contributed by atoms with van der Waals surface area (Å²) in [7, 11) is 0. The van der Waals surface area contributed by atoms with E-state index in [4.69, 9.17) is 4.42 Å². The molecule has 5 rings (SSSR count). The second-order valence-corrected chi connectivity index (χ2v) is 8.37. The molecular weight excluding hydrogens is 352 g/mol. The van der Waals surface area contributed by atoms with Crippen LogP contribution in [0.3, 0.4) is 0 Å². The predicted molar refractivity (Wildman–Crippen MR) is 106 cm³/mol. The third-order valence-corrected chi connectivity index (χ3v) is 6.50. The highest BCUT2D eigenvalue weighted by molar-refractivity contribution is 5.95. The molecule has 1 aromatic heterocycles. The Balaban J connectivity index is 1.29. The summed E-state index contributed by atoms with van der Waals surface area (Å²) in [5.41, 5.74) is 1.71. The van der Waals surface area contributed by atoms with Gasteiger partial charge in [0.25, 0.3) is 5.91 Å². The maximum Gasteiger partial charge on any atom is 0.254 e. The lowest BCUT2D eigenvalue weighted by molar-refractivity contribution is -0.135. The van der Waals surface area contributed by atoms with Gasteiger partial charge in [-0.3, -0.25) is 9.59 Å². The summed E-state index contributed by atoms with van der Waals surface area (Å²) in [6.45, 7) is 2.43. The summed E-state index contributed by atoms with van der Waals surface area (Å²) in [4.78, 5) is 29.8. The zero-order valence-electron chi connectivity index (χ0n) is 16.0. The fraction of sp³-hybridized carbons (Fsp3) is 0.478. The molecule has 3 aliphatic rings. The Labute approximate surface area is 165 Å². The molecule has 0 radical (unpaired) electrons. The second kappa shape index (κ2) is 7.12. The summed E-state index contributed by atoms with van der Waals surface area (Å²) < 4.78 is 5.43. The van der Waals surface area contributed by atoms with E-state index in [0.717, 1.165) is 68.6 Å². The van der Waals surface area contributed by atoms with Gasteiger partial charge in [-0.05, 0) is 62.3 Å². The van der Waals surface area contributed by atoms with Gasteiger partial charge in [0.1, 0.15) is 5.76 Å². The number of benzene rings is 1. The molecule has 2 aromatic rings. The Morgan fingerprint density at radius 2 is 1.79 bits per heavy atom. The lowest BCUT2D eigenvalue weighted by Gasteiger charge is -2.47. The molecule has 2 amide bonds. The van der Waals surface area contributed by atoms with Crippen molar-refractivity contribution in [2.75, 3.05) is 19.6 Å². The topological polar surface area (TPSA) is 53.8 Å². The molecule has 0 unspecified atom stereocenters. The largest absolute Gasteiger partial charge is 0.464 e. The monoisotopic (exact) mass is 378 g/mol. The predicted octanol–water partition coefficient (Wildman–Crippen LogP) is 3.81. The normalized spacial score (nSPS) is 24.7. The molecule has 0 N–H and O–H groups in total. The van der Waals surface area contributed by atoms with Gasteiger partial charge >= 0.3 is 0 Å². The number of fused-ring (bicyclic) bond motifs is 1. The van der Waals surface area contributed by atoms with E-state index in [9.17, 15) is 9.59 Å². The number of amides is 2. The number of likely N-dealkylation sites (tertiary alicyclic amines) is 2. The van der Waals surface area contributed by atoms with Crippen LogP contribution in [0.25, 0.3) is 11.3 Å². The van der Waals surface area contributed by atoms with Crippen molar-refractivity contribution in [1.82, 2.24) is 9.80 Å².